The summed E-state index contributed by atoms with van der Waals surface area (Å²) >= 11 is 6.08. The van der Waals surface area contributed by atoms with E-state index in [1.54, 1.807) is 18.2 Å². The number of nitrogens with zero attached hydrogens (tertiary/aromatic N) is 2. The fourth-order valence-corrected chi connectivity index (χ4v) is 3.51. The Morgan fingerprint density at radius 1 is 1.14 bits per heavy atom. The van der Waals surface area contributed by atoms with Crippen molar-refractivity contribution in [2.75, 3.05) is 27.2 Å². The number of aryl methyl sites for hydroxylation is 1. The average molecular weight is 415 g/mol. The van der Waals surface area contributed by atoms with Crippen LogP contribution in [0.3, 0.4) is 0 Å². The van der Waals surface area contributed by atoms with Crippen LogP contribution in [0, 0.1) is 6.92 Å². The highest BCUT2D eigenvalue weighted by Gasteiger charge is 2.46. The van der Waals surface area contributed by atoms with Crippen molar-refractivity contribution in [1.82, 2.24) is 9.80 Å². The van der Waals surface area contributed by atoms with Gasteiger partial charge in [-0.25, -0.2) is 0 Å². The van der Waals surface area contributed by atoms with E-state index < -0.39 is 17.7 Å². The quantitative estimate of drug-likeness (QED) is 0.445. The number of carbonyl (C=O) groups is 2. The van der Waals surface area contributed by atoms with Crippen LogP contribution in [-0.4, -0.2) is 58.9 Å². The number of ketones is 1. The van der Waals surface area contributed by atoms with Crippen LogP contribution in [0.5, 0.6) is 5.75 Å². The van der Waals surface area contributed by atoms with Gasteiger partial charge in [-0.3, -0.25) is 9.59 Å². The zero-order valence-electron chi connectivity index (χ0n) is 16.5. The molecule has 0 bridgehead atoms. The summed E-state index contributed by atoms with van der Waals surface area (Å²) in [5, 5.41) is 20.8. The predicted octanol–water partition coefficient (Wildman–Crippen LogP) is 3.34. The minimum atomic E-state index is -0.797. The molecule has 0 aliphatic carbocycles. The molecule has 1 saturated heterocycles. The predicted molar refractivity (Wildman–Crippen MR) is 112 cm³/mol. The van der Waals surface area contributed by atoms with E-state index >= 15 is 0 Å². The van der Waals surface area contributed by atoms with Gasteiger partial charge in [-0.1, -0.05) is 47.5 Å². The minimum absolute atomic E-state index is 0.0133. The highest BCUT2D eigenvalue weighted by molar-refractivity contribution is 6.46. The third-order valence-electron chi connectivity index (χ3n) is 4.94. The van der Waals surface area contributed by atoms with E-state index in [-0.39, 0.29) is 22.1 Å². The van der Waals surface area contributed by atoms with Crippen LogP contribution >= 0.6 is 11.6 Å². The summed E-state index contributed by atoms with van der Waals surface area (Å²) in [7, 11) is 3.74. The summed E-state index contributed by atoms with van der Waals surface area (Å²) < 4.78 is 0. The molecule has 152 valence electrons. The summed E-state index contributed by atoms with van der Waals surface area (Å²) in [5.74, 6) is -1.74. The van der Waals surface area contributed by atoms with Gasteiger partial charge in [0.05, 0.1) is 16.6 Å². The summed E-state index contributed by atoms with van der Waals surface area (Å²) in [5.41, 5.74) is 2.02. The first-order valence-electron chi connectivity index (χ1n) is 9.19. The Labute approximate surface area is 174 Å². The van der Waals surface area contributed by atoms with Crippen LogP contribution in [0.1, 0.15) is 22.7 Å². The number of aliphatic hydroxyl groups excluding tert-OH is 1. The second kappa shape index (κ2) is 8.27. The van der Waals surface area contributed by atoms with Gasteiger partial charge in [0, 0.05) is 18.7 Å². The van der Waals surface area contributed by atoms with Crippen LogP contribution in [0.25, 0.3) is 5.76 Å². The number of Topliss-reactive ketones (excluding diaryl/α,β-unsaturated/α-hetero) is 1. The van der Waals surface area contributed by atoms with Gasteiger partial charge >= 0.3 is 0 Å². The number of carbonyl (C=O) groups excluding carboxylic acids is 2. The van der Waals surface area contributed by atoms with Crippen molar-refractivity contribution in [3.05, 3.63) is 69.8 Å². The number of benzene rings is 2. The second-order valence-corrected chi connectivity index (χ2v) is 7.78. The maximum absolute atomic E-state index is 12.9. The molecular weight excluding hydrogens is 392 g/mol. The molecule has 0 radical (unpaired) electrons. The van der Waals surface area contributed by atoms with Crippen molar-refractivity contribution in [3.8, 4) is 5.75 Å². The number of hydrogen-bond acceptors (Lipinski definition) is 5. The molecule has 1 fully saturated rings. The Morgan fingerprint density at radius 3 is 2.38 bits per heavy atom. The summed E-state index contributed by atoms with van der Waals surface area (Å²) in [6, 6.07) is 10.8. The lowest BCUT2D eigenvalue weighted by molar-refractivity contribution is -0.140. The first-order valence-corrected chi connectivity index (χ1v) is 9.57. The topological polar surface area (TPSA) is 81.1 Å². The number of rotatable bonds is 5. The number of halogens is 1. The zero-order chi connectivity index (χ0) is 21.3. The van der Waals surface area contributed by atoms with Crippen LogP contribution < -0.4 is 0 Å². The molecule has 1 aliphatic heterocycles. The third-order valence-corrected chi connectivity index (χ3v) is 5.24. The Hall–Kier alpha value is -2.83. The fraction of sp³-hybridized carbons (Fsp3) is 0.273. The average Bonchev–Trinajstić information content (AvgIpc) is 2.93. The molecule has 1 atom stereocenters. The summed E-state index contributed by atoms with van der Waals surface area (Å²) in [4.78, 5) is 29.0. The van der Waals surface area contributed by atoms with Gasteiger partial charge in [0.15, 0.2) is 0 Å². The van der Waals surface area contributed by atoms with Crippen LogP contribution in [0.4, 0.5) is 0 Å². The number of phenolic OH excluding ortho intramolecular Hbond substituents is 1. The van der Waals surface area contributed by atoms with Crippen molar-refractivity contribution >= 4 is 29.1 Å². The van der Waals surface area contributed by atoms with Gasteiger partial charge in [0.25, 0.3) is 11.7 Å². The molecule has 6 nitrogen and oxygen atoms in total. The number of hydrogen-bond donors (Lipinski definition) is 2. The van der Waals surface area contributed by atoms with Crippen LogP contribution in [0.15, 0.2) is 48.0 Å². The van der Waals surface area contributed by atoms with Crippen LogP contribution in [-0.2, 0) is 9.59 Å². The molecule has 3 rings (SSSR count). The number of likely N-dealkylation sites (N-methyl/N-ethyl adjacent to an activating group) is 1. The molecule has 29 heavy (non-hydrogen) atoms. The highest BCUT2D eigenvalue weighted by atomic mass is 35.5. The van der Waals surface area contributed by atoms with Crippen LogP contribution in [0.2, 0.25) is 5.02 Å². The van der Waals surface area contributed by atoms with E-state index in [0.29, 0.717) is 24.2 Å². The van der Waals surface area contributed by atoms with E-state index in [4.69, 9.17) is 11.6 Å². The van der Waals surface area contributed by atoms with Gasteiger partial charge in [-0.15, -0.1) is 0 Å². The van der Waals surface area contributed by atoms with E-state index in [1.165, 1.54) is 17.0 Å². The van der Waals surface area contributed by atoms with Crippen molar-refractivity contribution in [2.45, 2.75) is 13.0 Å². The molecule has 1 heterocycles. The fourth-order valence-electron chi connectivity index (χ4n) is 3.33. The van der Waals surface area contributed by atoms with Crippen molar-refractivity contribution < 1.29 is 19.8 Å². The SMILES string of the molecule is Cc1ccc(/C(O)=C2/C(=O)C(=O)N(CCN(C)C)C2c2ccc(O)c(Cl)c2)cc1. The molecule has 2 aromatic rings. The minimum Gasteiger partial charge on any atom is -0.507 e. The number of likely N-dealkylation sites (tertiary alicyclic amines) is 1. The molecule has 1 unspecified atom stereocenters. The highest BCUT2D eigenvalue weighted by Crippen LogP contribution is 2.41. The maximum Gasteiger partial charge on any atom is 0.295 e. The monoisotopic (exact) mass is 414 g/mol. The Bertz CT molecular complexity index is 983. The molecule has 1 aliphatic rings. The molecule has 0 aromatic heterocycles. The first-order chi connectivity index (χ1) is 13.7. The Morgan fingerprint density at radius 2 is 1.79 bits per heavy atom. The lowest BCUT2D eigenvalue weighted by Crippen LogP contribution is -2.35. The molecule has 2 aromatic carbocycles. The van der Waals surface area contributed by atoms with Crippen molar-refractivity contribution in [3.63, 3.8) is 0 Å². The molecule has 7 heteroatoms. The second-order valence-electron chi connectivity index (χ2n) is 7.37. The zero-order valence-corrected chi connectivity index (χ0v) is 17.3. The summed E-state index contributed by atoms with van der Waals surface area (Å²) in [6.07, 6.45) is 0. The lowest BCUT2D eigenvalue weighted by atomic mass is 9.95. The van der Waals surface area contributed by atoms with E-state index in [0.717, 1.165) is 5.56 Å². The lowest BCUT2D eigenvalue weighted by Gasteiger charge is -2.26. The van der Waals surface area contributed by atoms with E-state index in [2.05, 4.69) is 0 Å². The van der Waals surface area contributed by atoms with E-state index in [1.807, 2.05) is 38.1 Å². The molecule has 2 N–H and O–H groups in total. The van der Waals surface area contributed by atoms with Gasteiger partial charge in [-0.2, -0.15) is 0 Å². The third kappa shape index (κ3) is 4.13. The smallest absolute Gasteiger partial charge is 0.295 e. The standard InChI is InChI=1S/C22H23ClN2O4/c1-13-4-6-14(7-5-13)20(27)18-19(15-8-9-17(26)16(23)12-15)25(11-10-24(2)3)22(29)21(18)28/h4-9,12,19,26-27H,10-11H2,1-3H3/b20-18-. The normalized spacial score (nSPS) is 18.7. The largest absolute Gasteiger partial charge is 0.507 e. The van der Waals surface area contributed by atoms with Crippen molar-refractivity contribution in [1.29, 1.82) is 0 Å². The van der Waals surface area contributed by atoms with Gasteiger partial charge in [0.2, 0.25) is 0 Å². The van der Waals surface area contributed by atoms with Gasteiger partial charge in [-0.05, 0) is 38.7 Å². The Kier molecular flexibility index (Phi) is 5.96. The Balaban J connectivity index is 2.16. The van der Waals surface area contributed by atoms with E-state index in [9.17, 15) is 19.8 Å². The number of amides is 1. The first kappa shape index (κ1) is 20.9. The number of aliphatic hydroxyl groups is 1. The van der Waals surface area contributed by atoms with Gasteiger partial charge < -0.3 is 20.0 Å². The van der Waals surface area contributed by atoms with Crippen molar-refractivity contribution in [2.24, 2.45) is 0 Å². The maximum atomic E-state index is 12.9. The number of phenols is 1. The molecule has 0 saturated carbocycles. The molecular formula is C22H23ClN2O4. The number of aromatic hydroxyl groups is 1. The molecule has 0 spiro atoms. The molecule has 1 amide bonds. The summed E-state index contributed by atoms with van der Waals surface area (Å²) in [6.45, 7) is 2.76. The van der Waals surface area contributed by atoms with Gasteiger partial charge in [0.1, 0.15) is 11.5 Å².